The maximum atomic E-state index is 13.5. The van der Waals surface area contributed by atoms with Gasteiger partial charge in [0.1, 0.15) is 22.2 Å². The van der Waals surface area contributed by atoms with Gasteiger partial charge in [-0.05, 0) is 54.5 Å². The van der Waals surface area contributed by atoms with E-state index in [1.54, 1.807) is 42.5 Å². The first-order valence-electron chi connectivity index (χ1n) is 11.6. The van der Waals surface area contributed by atoms with Crippen LogP contribution < -0.4 is 24.8 Å². The van der Waals surface area contributed by atoms with Gasteiger partial charge >= 0.3 is 0 Å². The first-order valence-corrected chi connectivity index (χ1v) is 12.4. The van der Waals surface area contributed by atoms with Crippen LogP contribution in [-0.2, 0) is 11.3 Å². The number of unbranched alkanes of at least 4 members (excludes halogenated alkanes) is 1. The van der Waals surface area contributed by atoms with E-state index in [1.165, 1.54) is 10.8 Å². The summed E-state index contributed by atoms with van der Waals surface area (Å²) in [5.74, 6) is 0.742. The van der Waals surface area contributed by atoms with Crippen molar-refractivity contribution in [3.8, 4) is 17.5 Å². The van der Waals surface area contributed by atoms with Crippen LogP contribution in [0, 0.1) is 11.3 Å². The Morgan fingerprint density at radius 2 is 1.92 bits per heavy atom. The molecule has 0 atom stereocenters. The Labute approximate surface area is 212 Å². The van der Waals surface area contributed by atoms with E-state index in [1.807, 2.05) is 36.4 Å². The molecule has 36 heavy (non-hydrogen) atoms. The number of amides is 1. The molecule has 182 valence electrons. The maximum Gasteiger partial charge on any atom is 0.273 e. The summed E-state index contributed by atoms with van der Waals surface area (Å²) in [5.41, 5.74) is 0.922. The third-order valence-corrected chi connectivity index (χ3v) is 6.43. The van der Waals surface area contributed by atoms with E-state index in [2.05, 4.69) is 12.2 Å². The van der Waals surface area contributed by atoms with E-state index < -0.39 is 5.91 Å². The van der Waals surface area contributed by atoms with E-state index in [4.69, 9.17) is 9.15 Å². The molecule has 2 aromatic carbocycles. The Balaban J connectivity index is 1.77. The van der Waals surface area contributed by atoms with Crippen LogP contribution in [0.3, 0.4) is 0 Å². The minimum atomic E-state index is -0.583. The number of nitriles is 1. The van der Waals surface area contributed by atoms with Gasteiger partial charge in [0.2, 0.25) is 0 Å². The number of aromatic nitrogens is 1. The predicted octanol–water partition coefficient (Wildman–Crippen LogP) is 3.49. The van der Waals surface area contributed by atoms with E-state index >= 15 is 0 Å². The molecule has 0 fully saturated rings. The van der Waals surface area contributed by atoms with Gasteiger partial charge in [0.05, 0.1) is 29.6 Å². The van der Waals surface area contributed by atoms with Gasteiger partial charge in [-0.2, -0.15) is 5.26 Å². The summed E-state index contributed by atoms with van der Waals surface area (Å²) in [6.45, 7) is 2.89. The van der Waals surface area contributed by atoms with Crippen molar-refractivity contribution in [3.63, 3.8) is 0 Å². The molecule has 0 aliphatic carbocycles. The molecular formula is C28H25N3O4S. The number of hydrogen-bond donors (Lipinski definition) is 1. The summed E-state index contributed by atoms with van der Waals surface area (Å²) in [5, 5.41) is 12.6. The number of rotatable bonds is 9. The molecule has 1 N–H and O–H groups in total. The molecule has 0 spiro atoms. The van der Waals surface area contributed by atoms with Gasteiger partial charge in [0.15, 0.2) is 5.57 Å². The summed E-state index contributed by atoms with van der Waals surface area (Å²) in [6, 6.07) is 21.9. The highest BCUT2D eigenvalue weighted by Gasteiger charge is 2.17. The highest BCUT2D eigenvalue weighted by molar-refractivity contribution is 7.07. The highest BCUT2D eigenvalue weighted by atomic mass is 32.1. The van der Waals surface area contributed by atoms with Gasteiger partial charge in [-0.3, -0.25) is 14.2 Å². The number of hydrogen-bond acceptors (Lipinski definition) is 6. The molecule has 8 heteroatoms. The van der Waals surface area contributed by atoms with E-state index in [0.29, 0.717) is 22.6 Å². The lowest BCUT2D eigenvalue weighted by Crippen LogP contribution is -2.33. The Bertz CT molecular complexity index is 1530. The lowest BCUT2D eigenvalue weighted by Gasteiger charge is -2.04. The smallest absolute Gasteiger partial charge is 0.273 e. The topological polar surface area (TPSA) is 97.3 Å². The first kappa shape index (κ1) is 24.8. The molecule has 0 radical (unpaired) electrons. The monoisotopic (exact) mass is 499 g/mol. The molecule has 0 aliphatic rings. The van der Waals surface area contributed by atoms with Crippen molar-refractivity contribution in [2.75, 3.05) is 6.61 Å². The van der Waals surface area contributed by atoms with Crippen molar-refractivity contribution in [2.24, 2.45) is 0 Å². The molecule has 4 rings (SSSR count). The van der Waals surface area contributed by atoms with Crippen molar-refractivity contribution in [1.29, 1.82) is 5.26 Å². The summed E-state index contributed by atoms with van der Waals surface area (Å²) in [4.78, 5) is 26.4. The summed E-state index contributed by atoms with van der Waals surface area (Å²) in [7, 11) is 0. The fourth-order valence-corrected chi connectivity index (χ4v) is 4.57. The van der Waals surface area contributed by atoms with Gasteiger partial charge in [-0.1, -0.05) is 43.7 Å². The SMILES string of the molecule is CCCCOc1ccc(/C=c2\s/c(=C(\C#N)C(=O)NCc3ccco3)n(-c3ccccc3)c2=O)cc1. The lowest BCUT2D eigenvalue weighted by molar-refractivity contribution is -0.115. The van der Waals surface area contributed by atoms with Gasteiger partial charge in [0.25, 0.3) is 11.5 Å². The second-order valence-electron chi connectivity index (χ2n) is 7.91. The van der Waals surface area contributed by atoms with Gasteiger partial charge < -0.3 is 14.5 Å². The molecule has 0 aliphatic heterocycles. The molecule has 0 bridgehead atoms. The van der Waals surface area contributed by atoms with Crippen molar-refractivity contribution < 1.29 is 13.9 Å². The number of nitrogens with one attached hydrogen (secondary N) is 1. The average Bonchev–Trinajstić information content (AvgIpc) is 3.53. The second kappa shape index (κ2) is 11.9. The Kier molecular flexibility index (Phi) is 8.16. The van der Waals surface area contributed by atoms with Gasteiger partial charge in [0, 0.05) is 0 Å². The molecular weight excluding hydrogens is 474 g/mol. The summed E-state index contributed by atoms with van der Waals surface area (Å²) in [6.07, 6.45) is 5.30. The fraction of sp³-hybridized carbons (Fsp3) is 0.179. The van der Waals surface area contributed by atoms with Crippen LogP contribution >= 0.6 is 11.3 Å². The standard InChI is InChI=1S/C28H25N3O4S/c1-2-3-15-34-22-13-11-20(12-14-22)17-25-27(33)31(21-8-5-4-6-9-21)28(36-25)24(18-29)26(32)30-19-23-10-7-16-35-23/h4-14,16-17H,2-3,15,19H2,1H3,(H,30,32)/b25-17-,28-24+. The van der Waals surface area contributed by atoms with Crippen LogP contribution in [0.25, 0.3) is 17.3 Å². The zero-order valence-electron chi connectivity index (χ0n) is 19.8. The van der Waals surface area contributed by atoms with E-state index in [-0.39, 0.29) is 22.3 Å². The van der Waals surface area contributed by atoms with E-state index in [0.717, 1.165) is 35.5 Å². The third-order valence-electron chi connectivity index (χ3n) is 5.34. The Hall–Kier alpha value is -4.35. The number of carbonyl (C=O) groups excluding carboxylic acids is 1. The minimum Gasteiger partial charge on any atom is -0.494 e. The number of nitrogens with zero attached hydrogens (tertiary/aromatic N) is 2. The quantitative estimate of drug-likeness (QED) is 0.356. The molecule has 4 aromatic rings. The van der Waals surface area contributed by atoms with Crippen LogP contribution in [0.4, 0.5) is 0 Å². The number of furan rings is 1. The number of benzene rings is 2. The molecule has 0 unspecified atom stereocenters. The van der Waals surface area contributed by atoms with Gasteiger partial charge in [-0.15, -0.1) is 11.3 Å². The van der Waals surface area contributed by atoms with Crippen LogP contribution in [0.5, 0.6) is 5.75 Å². The molecule has 1 amide bonds. The second-order valence-corrected chi connectivity index (χ2v) is 8.94. The fourth-order valence-electron chi connectivity index (χ4n) is 3.47. The van der Waals surface area contributed by atoms with Crippen LogP contribution in [0.2, 0.25) is 0 Å². The Morgan fingerprint density at radius 3 is 2.58 bits per heavy atom. The van der Waals surface area contributed by atoms with Crippen molar-refractivity contribution in [2.45, 2.75) is 26.3 Å². The van der Waals surface area contributed by atoms with Crippen molar-refractivity contribution >= 4 is 28.9 Å². The van der Waals surface area contributed by atoms with Crippen LogP contribution in [0.15, 0.2) is 82.2 Å². The third kappa shape index (κ3) is 5.82. The molecule has 0 saturated carbocycles. The van der Waals surface area contributed by atoms with Crippen molar-refractivity contribution in [3.05, 3.63) is 104 Å². The van der Waals surface area contributed by atoms with E-state index in [9.17, 15) is 14.9 Å². The number of ether oxygens (including phenoxy) is 1. The zero-order valence-corrected chi connectivity index (χ0v) is 20.6. The van der Waals surface area contributed by atoms with Crippen LogP contribution in [-0.4, -0.2) is 17.1 Å². The largest absolute Gasteiger partial charge is 0.494 e. The minimum absolute atomic E-state index is 0.129. The summed E-state index contributed by atoms with van der Waals surface area (Å²) >= 11 is 1.10. The maximum absolute atomic E-state index is 13.5. The van der Waals surface area contributed by atoms with Crippen molar-refractivity contribution in [1.82, 2.24) is 9.88 Å². The summed E-state index contributed by atoms with van der Waals surface area (Å²) < 4.78 is 13.0. The zero-order chi connectivity index (χ0) is 25.3. The highest BCUT2D eigenvalue weighted by Crippen LogP contribution is 2.13. The molecule has 2 heterocycles. The molecule has 0 saturated heterocycles. The normalized spacial score (nSPS) is 12.2. The number of thiazole rings is 1. The lowest BCUT2D eigenvalue weighted by atomic mass is 10.2. The number of para-hydroxylation sites is 1. The first-order chi connectivity index (χ1) is 17.6. The Morgan fingerprint density at radius 1 is 1.14 bits per heavy atom. The average molecular weight is 500 g/mol. The molecule has 2 aromatic heterocycles. The number of carbonyl (C=O) groups is 1. The molecule has 7 nitrogen and oxygen atoms in total. The predicted molar refractivity (Wildman–Crippen MR) is 139 cm³/mol. The van der Waals surface area contributed by atoms with Gasteiger partial charge in [-0.25, -0.2) is 0 Å². The van der Waals surface area contributed by atoms with Crippen LogP contribution in [0.1, 0.15) is 31.1 Å².